The standard InChI is InChI=1S/C12H12O4/c1-3-10(16-8(2)13)9-4-5-11-12(6-9)15-7-14-11/h3-6,10H,1,7H2,2H3/t10-/m1/s1. The van der Waals surface area contributed by atoms with Crippen molar-refractivity contribution in [2.75, 3.05) is 6.79 Å². The molecular weight excluding hydrogens is 208 g/mol. The van der Waals surface area contributed by atoms with E-state index in [-0.39, 0.29) is 12.8 Å². The molecule has 1 aliphatic heterocycles. The van der Waals surface area contributed by atoms with E-state index in [0.717, 1.165) is 5.56 Å². The van der Waals surface area contributed by atoms with Crippen molar-refractivity contribution in [1.82, 2.24) is 0 Å². The summed E-state index contributed by atoms with van der Waals surface area (Å²) in [5.41, 5.74) is 0.814. The van der Waals surface area contributed by atoms with Gasteiger partial charge in [0.25, 0.3) is 0 Å². The van der Waals surface area contributed by atoms with Crippen LogP contribution in [0.2, 0.25) is 0 Å². The summed E-state index contributed by atoms with van der Waals surface area (Å²) in [5.74, 6) is 1.02. The van der Waals surface area contributed by atoms with Gasteiger partial charge in [-0.1, -0.05) is 12.6 Å². The molecule has 0 N–H and O–H groups in total. The number of hydrogen-bond acceptors (Lipinski definition) is 4. The average Bonchev–Trinajstić information content (AvgIpc) is 2.72. The number of rotatable bonds is 3. The van der Waals surface area contributed by atoms with Crippen LogP contribution in [-0.4, -0.2) is 12.8 Å². The minimum Gasteiger partial charge on any atom is -0.454 e. The Morgan fingerprint density at radius 2 is 2.25 bits per heavy atom. The Morgan fingerprint density at radius 3 is 2.94 bits per heavy atom. The zero-order valence-corrected chi connectivity index (χ0v) is 8.93. The first-order valence-corrected chi connectivity index (χ1v) is 4.90. The van der Waals surface area contributed by atoms with Gasteiger partial charge in [0.05, 0.1) is 0 Å². The molecule has 0 radical (unpaired) electrons. The van der Waals surface area contributed by atoms with Crippen LogP contribution in [0.25, 0.3) is 0 Å². The van der Waals surface area contributed by atoms with Gasteiger partial charge in [0.1, 0.15) is 6.10 Å². The molecule has 16 heavy (non-hydrogen) atoms. The number of fused-ring (bicyclic) bond motifs is 1. The van der Waals surface area contributed by atoms with E-state index in [0.29, 0.717) is 11.5 Å². The summed E-state index contributed by atoms with van der Waals surface area (Å²) in [6.07, 6.45) is 1.12. The van der Waals surface area contributed by atoms with Crippen molar-refractivity contribution in [2.45, 2.75) is 13.0 Å². The van der Waals surface area contributed by atoms with Gasteiger partial charge in [0, 0.05) is 12.5 Å². The summed E-state index contributed by atoms with van der Waals surface area (Å²) < 4.78 is 15.5. The second-order valence-corrected chi connectivity index (χ2v) is 3.38. The summed E-state index contributed by atoms with van der Waals surface area (Å²) >= 11 is 0. The zero-order chi connectivity index (χ0) is 11.5. The Kier molecular flexibility index (Phi) is 2.81. The quantitative estimate of drug-likeness (QED) is 0.578. The second kappa shape index (κ2) is 4.26. The van der Waals surface area contributed by atoms with Gasteiger partial charge in [-0.25, -0.2) is 0 Å². The summed E-state index contributed by atoms with van der Waals surface area (Å²) in [4.78, 5) is 10.9. The molecule has 2 rings (SSSR count). The third-order valence-corrected chi connectivity index (χ3v) is 2.23. The Hall–Kier alpha value is -1.97. The Balaban J connectivity index is 2.25. The van der Waals surface area contributed by atoms with Crippen molar-refractivity contribution in [1.29, 1.82) is 0 Å². The van der Waals surface area contributed by atoms with E-state index in [1.165, 1.54) is 6.92 Å². The van der Waals surface area contributed by atoms with Crippen LogP contribution in [0.1, 0.15) is 18.6 Å². The van der Waals surface area contributed by atoms with Gasteiger partial charge in [-0.3, -0.25) is 4.79 Å². The van der Waals surface area contributed by atoms with E-state index in [1.807, 2.05) is 6.07 Å². The molecule has 0 amide bonds. The number of benzene rings is 1. The van der Waals surface area contributed by atoms with Crippen molar-refractivity contribution >= 4 is 5.97 Å². The molecule has 0 aliphatic carbocycles. The lowest BCUT2D eigenvalue weighted by Crippen LogP contribution is -2.05. The van der Waals surface area contributed by atoms with Gasteiger partial charge < -0.3 is 14.2 Å². The monoisotopic (exact) mass is 220 g/mol. The minimum atomic E-state index is -0.452. The van der Waals surface area contributed by atoms with Crippen LogP contribution in [0.4, 0.5) is 0 Å². The topological polar surface area (TPSA) is 44.8 Å². The molecule has 1 atom stereocenters. The number of esters is 1. The molecule has 1 aromatic rings. The Labute approximate surface area is 93.4 Å². The summed E-state index contributed by atoms with van der Waals surface area (Å²) in [6.45, 7) is 5.23. The van der Waals surface area contributed by atoms with E-state index < -0.39 is 6.10 Å². The first kappa shape index (κ1) is 10.5. The summed E-state index contributed by atoms with van der Waals surface area (Å²) in [5, 5.41) is 0. The second-order valence-electron chi connectivity index (χ2n) is 3.38. The van der Waals surface area contributed by atoms with Crippen molar-refractivity contribution in [3.8, 4) is 11.5 Å². The molecule has 1 heterocycles. The molecule has 0 saturated heterocycles. The smallest absolute Gasteiger partial charge is 0.303 e. The highest BCUT2D eigenvalue weighted by atomic mass is 16.7. The maximum absolute atomic E-state index is 10.9. The van der Waals surface area contributed by atoms with Crippen LogP contribution in [0, 0.1) is 0 Å². The van der Waals surface area contributed by atoms with Crippen molar-refractivity contribution in [3.63, 3.8) is 0 Å². The lowest BCUT2D eigenvalue weighted by Gasteiger charge is -2.13. The van der Waals surface area contributed by atoms with E-state index in [9.17, 15) is 4.79 Å². The van der Waals surface area contributed by atoms with E-state index >= 15 is 0 Å². The Bertz CT molecular complexity index is 425. The lowest BCUT2D eigenvalue weighted by molar-refractivity contribution is -0.144. The lowest BCUT2D eigenvalue weighted by atomic mass is 10.1. The number of ether oxygens (including phenoxy) is 3. The van der Waals surface area contributed by atoms with Crippen molar-refractivity contribution in [2.24, 2.45) is 0 Å². The van der Waals surface area contributed by atoms with Gasteiger partial charge >= 0.3 is 5.97 Å². The van der Waals surface area contributed by atoms with E-state index in [2.05, 4.69) is 6.58 Å². The summed E-state index contributed by atoms with van der Waals surface area (Å²) in [6, 6.07) is 5.40. The van der Waals surface area contributed by atoms with Crippen molar-refractivity contribution in [3.05, 3.63) is 36.4 Å². The Morgan fingerprint density at radius 1 is 1.50 bits per heavy atom. The number of carbonyl (C=O) groups excluding carboxylic acids is 1. The number of hydrogen-bond donors (Lipinski definition) is 0. The largest absolute Gasteiger partial charge is 0.454 e. The highest BCUT2D eigenvalue weighted by molar-refractivity contribution is 5.66. The van der Waals surface area contributed by atoms with Crippen LogP contribution < -0.4 is 9.47 Å². The SMILES string of the molecule is C=C[C@@H](OC(C)=O)c1ccc2c(c1)OCO2. The molecule has 1 aliphatic rings. The predicted molar refractivity (Wildman–Crippen MR) is 57.3 cm³/mol. The van der Waals surface area contributed by atoms with Crippen LogP contribution in [0.5, 0.6) is 11.5 Å². The molecule has 0 bridgehead atoms. The molecule has 0 fully saturated rings. The van der Waals surface area contributed by atoms with Crippen LogP contribution >= 0.6 is 0 Å². The van der Waals surface area contributed by atoms with Crippen LogP contribution in [-0.2, 0) is 9.53 Å². The fourth-order valence-corrected chi connectivity index (χ4v) is 1.52. The minimum absolute atomic E-state index is 0.227. The fourth-order valence-electron chi connectivity index (χ4n) is 1.52. The van der Waals surface area contributed by atoms with Crippen molar-refractivity contribution < 1.29 is 19.0 Å². The molecule has 84 valence electrons. The fraction of sp³-hybridized carbons (Fsp3) is 0.250. The van der Waals surface area contributed by atoms with E-state index in [1.54, 1.807) is 18.2 Å². The molecule has 0 saturated carbocycles. The molecule has 4 heteroatoms. The van der Waals surface area contributed by atoms with Crippen LogP contribution in [0.15, 0.2) is 30.9 Å². The van der Waals surface area contributed by atoms with Crippen LogP contribution in [0.3, 0.4) is 0 Å². The first-order valence-electron chi connectivity index (χ1n) is 4.90. The maximum Gasteiger partial charge on any atom is 0.303 e. The molecular formula is C12H12O4. The third kappa shape index (κ3) is 2.00. The third-order valence-electron chi connectivity index (χ3n) is 2.23. The highest BCUT2D eigenvalue weighted by Crippen LogP contribution is 2.35. The van der Waals surface area contributed by atoms with Gasteiger partial charge in [-0.15, -0.1) is 0 Å². The molecule has 0 aromatic heterocycles. The highest BCUT2D eigenvalue weighted by Gasteiger charge is 2.17. The average molecular weight is 220 g/mol. The van der Waals surface area contributed by atoms with Gasteiger partial charge in [-0.05, 0) is 18.2 Å². The molecule has 0 unspecified atom stereocenters. The van der Waals surface area contributed by atoms with Gasteiger partial charge in [0.15, 0.2) is 11.5 Å². The summed E-state index contributed by atoms with van der Waals surface area (Å²) in [7, 11) is 0. The van der Waals surface area contributed by atoms with Gasteiger partial charge in [0.2, 0.25) is 6.79 Å². The zero-order valence-electron chi connectivity index (χ0n) is 8.93. The van der Waals surface area contributed by atoms with Gasteiger partial charge in [-0.2, -0.15) is 0 Å². The first-order chi connectivity index (χ1) is 7.70. The molecule has 1 aromatic carbocycles. The normalized spacial score (nSPS) is 14.3. The predicted octanol–water partition coefficient (Wildman–Crippen LogP) is 2.21. The van der Waals surface area contributed by atoms with E-state index in [4.69, 9.17) is 14.2 Å². The number of carbonyl (C=O) groups is 1. The molecule has 0 spiro atoms. The maximum atomic E-state index is 10.9. The molecule has 4 nitrogen and oxygen atoms in total.